The molecule has 2 aliphatic heterocycles. The Morgan fingerprint density at radius 2 is 1.66 bits per heavy atom. The fourth-order valence-electron chi connectivity index (χ4n) is 6.80. The van der Waals surface area contributed by atoms with E-state index in [0.717, 1.165) is 16.8 Å². The average molecular weight is 1160 g/mol. The van der Waals surface area contributed by atoms with Crippen molar-refractivity contribution in [1.29, 1.82) is 10.5 Å². The van der Waals surface area contributed by atoms with Crippen LogP contribution < -0.4 is 16.6 Å². The first-order valence-electron chi connectivity index (χ1n) is 21.5. The molecule has 1 unspecified atom stereocenters. The maximum atomic E-state index is 17.0. The zero-order valence-corrected chi connectivity index (χ0v) is 44.2. The first-order valence-corrected chi connectivity index (χ1v) is 30.0. The number of halogens is 2. The van der Waals surface area contributed by atoms with E-state index in [0.29, 0.717) is 5.56 Å². The summed E-state index contributed by atoms with van der Waals surface area (Å²) in [6.07, 6.45) is -8.31. The van der Waals surface area contributed by atoms with Crippen LogP contribution in [0.2, 0.25) is 18.1 Å². The number of ether oxygens (including phenoxy) is 2. The molecule has 0 radical (unpaired) electrons. The number of aromatic nitrogens is 6. The molecule has 1 amide bonds. The predicted octanol–water partition coefficient (Wildman–Crippen LogP) is 6.50. The van der Waals surface area contributed by atoms with Crippen molar-refractivity contribution >= 4 is 80.1 Å². The Hall–Kier alpha value is -4.21. The number of aromatic amines is 1. The van der Waals surface area contributed by atoms with Gasteiger partial charge in [0.05, 0.1) is 57.2 Å². The second-order valence-corrected chi connectivity index (χ2v) is 27.2. The summed E-state index contributed by atoms with van der Waals surface area (Å²) in [4.78, 5) is 56.9. The van der Waals surface area contributed by atoms with Crippen LogP contribution >= 0.6 is 37.1 Å². The van der Waals surface area contributed by atoms with Gasteiger partial charge < -0.3 is 33.1 Å². The molecule has 376 valence electrons. The van der Waals surface area contributed by atoms with Crippen LogP contribution in [0.3, 0.4) is 0 Å². The van der Waals surface area contributed by atoms with Crippen LogP contribution in [0.25, 0.3) is 16.0 Å². The molecule has 9 atom stereocenters. The van der Waals surface area contributed by atoms with Crippen LogP contribution in [-0.4, -0.2) is 117 Å². The highest BCUT2D eigenvalue weighted by Crippen LogP contribution is 2.57. The lowest BCUT2D eigenvalue weighted by Crippen LogP contribution is -2.50. The quantitative estimate of drug-likeness (QED) is 0.0200. The Balaban J connectivity index is 1.33. The van der Waals surface area contributed by atoms with Crippen molar-refractivity contribution in [3.63, 3.8) is 0 Å². The second kappa shape index (κ2) is 24.0. The number of carbonyl (C=O) groups is 1. The predicted molar refractivity (Wildman–Crippen MR) is 262 cm³/mol. The Morgan fingerprint density at radius 3 is 2.29 bits per heavy atom. The van der Waals surface area contributed by atoms with Gasteiger partial charge in [0.15, 0.2) is 43.9 Å². The van der Waals surface area contributed by atoms with Crippen molar-refractivity contribution < 1.29 is 54.8 Å². The number of phosphoric ester groups is 1. The van der Waals surface area contributed by atoms with Crippen molar-refractivity contribution in [1.82, 2.24) is 29.1 Å². The van der Waals surface area contributed by atoms with Gasteiger partial charge in [-0.05, 0) is 42.1 Å². The van der Waals surface area contributed by atoms with Crippen LogP contribution in [0.1, 0.15) is 56.4 Å². The summed E-state index contributed by atoms with van der Waals surface area (Å²) in [6.45, 7) is 11.2. The number of nitriles is 2. The number of imidazole rings is 1. The van der Waals surface area contributed by atoms with Gasteiger partial charge in [-0.2, -0.15) is 10.5 Å². The molecule has 0 saturated carbocycles. The summed E-state index contributed by atoms with van der Waals surface area (Å²) in [5.41, 5.74) is -1.05. The lowest BCUT2D eigenvalue weighted by atomic mass is 10.1. The normalized spacial score (nSPS) is 23.6. The molecular formula is C41H50FIN10O13P2SSi. The zero-order chi connectivity index (χ0) is 50.9. The number of H-pyrrole nitrogens is 1. The number of amides is 1. The third-order valence-electron chi connectivity index (χ3n) is 11.2. The highest BCUT2D eigenvalue weighted by Gasteiger charge is 2.56. The second-order valence-electron chi connectivity index (χ2n) is 17.0. The zero-order valence-electron chi connectivity index (χ0n) is 38.4. The van der Waals surface area contributed by atoms with Gasteiger partial charge in [0, 0.05) is 22.3 Å². The van der Waals surface area contributed by atoms with Crippen LogP contribution in [0.4, 0.5) is 10.2 Å². The molecule has 6 rings (SSSR count). The van der Waals surface area contributed by atoms with Crippen LogP contribution in [0, 0.1) is 29.2 Å². The smallest absolute Gasteiger partial charge is 0.408 e. The molecule has 5 heterocycles. The molecule has 23 nitrogen and oxygen atoms in total. The first kappa shape index (κ1) is 55.1. The van der Waals surface area contributed by atoms with Gasteiger partial charge in [0.2, 0.25) is 6.54 Å². The largest absolute Gasteiger partial charge is 0.475 e. The number of nitrogens with one attached hydrogen (secondary N) is 2. The Morgan fingerprint density at radius 1 is 0.971 bits per heavy atom. The summed E-state index contributed by atoms with van der Waals surface area (Å²) in [5.74, 6) is -0.413. The first-order chi connectivity index (χ1) is 33.3. The van der Waals surface area contributed by atoms with Crippen LogP contribution in [0.15, 0.2) is 64.8 Å². The average Bonchev–Trinajstić information content (AvgIpc) is 3.98. The van der Waals surface area contributed by atoms with E-state index < -0.39 is 107 Å². The van der Waals surface area contributed by atoms with E-state index >= 15 is 4.39 Å². The lowest BCUT2D eigenvalue weighted by Gasteiger charge is -2.41. The number of benzene rings is 1. The molecule has 2 N–H and O–H groups in total. The van der Waals surface area contributed by atoms with Crippen molar-refractivity contribution in [2.75, 3.05) is 42.7 Å². The number of carbonyl (C=O) groups excluding carboxylic acids is 1. The van der Waals surface area contributed by atoms with Crippen LogP contribution in [0.5, 0.6) is 0 Å². The molecule has 0 aliphatic carbocycles. The third-order valence-corrected chi connectivity index (χ3v) is 20.4. The molecule has 1 aromatic carbocycles. The maximum absolute atomic E-state index is 17.0. The van der Waals surface area contributed by atoms with Crippen molar-refractivity contribution in [3.05, 3.63) is 93.1 Å². The molecule has 0 bridgehead atoms. The number of alkyl halides is 2. The molecule has 29 heteroatoms. The maximum Gasteiger partial charge on any atom is 0.475 e. The summed E-state index contributed by atoms with van der Waals surface area (Å²) in [5, 5.41) is 20.8. The van der Waals surface area contributed by atoms with Crippen molar-refractivity contribution in [3.8, 4) is 12.1 Å². The van der Waals surface area contributed by atoms with E-state index in [2.05, 4.69) is 30.1 Å². The highest BCUT2D eigenvalue weighted by molar-refractivity contribution is 14.1. The molecular weight excluding hydrogens is 1110 g/mol. The molecule has 2 fully saturated rings. The monoisotopic (exact) mass is 1160 g/mol. The molecule has 2 aliphatic rings. The number of phosphoric acid groups is 1. The van der Waals surface area contributed by atoms with Gasteiger partial charge in [-0.3, -0.25) is 41.8 Å². The van der Waals surface area contributed by atoms with Gasteiger partial charge in [0.25, 0.3) is 11.5 Å². The fraction of sp³-hybridized carbons (Fsp3) is 0.537. The number of fused-ring (bicyclic) bond motifs is 1. The number of rotatable bonds is 23. The van der Waals surface area contributed by atoms with E-state index in [1.807, 2.05) is 68.6 Å². The van der Waals surface area contributed by atoms with Gasteiger partial charge >= 0.3 is 20.2 Å². The minimum Gasteiger partial charge on any atom is -0.408 e. The van der Waals surface area contributed by atoms with E-state index in [9.17, 15) is 29.5 Å². The summed E-state index contributed by atoms with van der Waals surface area (Å²) in [7, 11) is -7.83. The van der Waals surface area contributed by atoms with Crippen molar-refractivity contribution in [2.45, 2.75) is 101 Å². The third kappa shape index (κ3) is 13.2. The minimum atomic E-state index is -4.93. The number of nitrogens with zero attached hydrogens (tertiary/aromatic N) is 8. The van der Waals surface area contributed by atoms with Gasteiger partial charge in [-0.25, -0.2) is 35.3 Å². The number of hydrogen-bond donors (Lipinski definition) is 2. The summed E-state index contributed by atoms with van der Waals surface area (Å²) < 4.78 is 89.7. The van der Waals surface area contributed by atoms with E-state index in [4.69, 9.17) is 59.4 Å². The van der Waals surface area contributed by atoms with Crippen molar-refractivity contribution in [2.24, 2.45) is 0 Å². The molecule has 2 saturated heterocycles. The topological polar surface area (TPSA) is 280 Å². The lowest BCUT2D eigenvalue weighted by molar-refractivity contribution is -0.0580. The summed E-state index contributed by atoms with van der Waals surface area (Å²) >= 11 is 7.75. The highest BCUT2D eigenvalue weighted by atomic mass is 127. The standard InChI is InChI=1S/C41H50FIN10O13P2SSi/c1-41(2,3)70(5,6)66-33-28(63-39(52-18-14-29(54)50-40(52)56)34(33)65-68(69,59-19-10-15-44)60-20-11-16-45)23-61-67(57,58-21-17-46-4)64-32-27(22-43)62-38(30(32)42)53-25-49-31-35(47-24-48-36(31)53)51-37(55)26-12-8-7-9-13-26/h7-9,12-14,18,24-25,27-28,30,32-34,38-39H,10-11,17,19-23H2,1-3,5-6H3,(H,50,54,56)(H,47,48,51,55)/t27-,28-,30-,32-,33-,34-,38-,39-,67?/m1/s1. The summed E-state index contributed by atoms with van der Waals surface area (Å²) in [6, 6.07) is 13.4. The van der Waals surface area contributed by atoms with Gasteiger partial charge in [-0.15, -0.1) is 0 Å². The Kier molecular flexibility index (Phi) is 18.9. The van der Waals surface area contributed by atoms with E-state index in [1.165, 1.54) is 17.2 Å². The minimum absolute atomic E-state index is 0.0546. The number of anilines is 1. The van der Waals surface area contributed by atoms with E-state index in [1.54, 1.807) is 30.3 Å². The Labute approximate surface area is 421 Å². The molecule has 4 aromatic rings. The number of hydrogen-bond acceptors (Lipinski definition) is 19. The van der Waals surface area contributed by atoms with E-state index in [-0.39, 0.29) is 54.0 Å². The Bertz CT molecular complexity index is 2800. The molecule has 3 aromatic heterocycles. The fourth-order valence-corrected chi connectivity index (χ4v) is 12.3. The van der Waals surface area contributed by atoms with Gasteiger partial charge in [0.1, 0.15) is 37.4 Å². The SMILES string of the molecule is [C-]#[N+]CCOP(=O)(OC[C@H]1O[C@@H](n2ccc(=O)[nH]c2=O)[C@H](OP(=S)(OCCC#N)OCCC#N)[C@@H]1O[Si](C)(C)C(C)(C)C)O[C@H]1[C@@H](F)[C@H](n2cnc3c(NC(=O)c4ccccc4)ncnc32)O[C@@H]1CI. The van der Waals surface area contributed by atoms with Crippen LogP contribution in [-0.2, 0) is 57.4 Å². The molecule has 70 heavy (non-hydrogen) atoms. The molecule has 0 spiro atoms. The van der Waals surface area contributed by atoms with Gasteiger partial charge in [-0.1, -0.05) is 61.6 Å².